The minimum absolute atomic E-state index is 0.803. The Morgan fingerprint density at radius 2 is 1.86 bits per heavy atom. The zero-order valence-electron chi connectivity index (χ0n) is 12.5. The van der Waals surface area contributed by atoms with Crippen LogP contribution in [0.4, 0.5) is 5.82 Å². The van der Waals surface area contributed by atoms with Crippen LogP contribution in [0.3, 0.4) is 0 Å². The van der Waals surface area contributed by atoms with Gasteiger partial charge in [0.15, 0.2) is 5.82 Å². The number of aryl methyl sites for hydroxylation is 1. The molecule has 0 aliphatic carbocycles. The molecule has 0 unspecified atom stereocenters. The minimum Gasteiger partial charge on any atom is -0.353 e. The van der Waals surface area contributed by atoms with Crippen LogP contribution < -0.4 is 4.90 Å². The fourth-order valence-corrected chi connectivity index (χ4v) is 3.14. The summed E-state index contributed by atoms with van der Waals surface area (Å²) in [6.45, 7) is 6.42. The van der Waals surface area contributed by atoms with Crippen LogP contribution in [0.1, 0.15) is 25.6 Å². The van der Waals surface area contributed by atoms with Crippen molar-refractivity contribution in [2.45, 2.75) is 26.7 Å². The number of hydrogen-bond acceptors (Lipinski definition) is 4. The third kappa shape index (κ3) is 1.95. The second-order valence-corrected chi connectivity index (χ2v) is 6.00. The second kappa shape index (κ2) is 4.69. The summed E-state index contributed by atoms with van der Waals surface area (Å²) in [5.41, 5.74) is 2.95. The Hall–Kier alpha value is -2.17. The second-order valence-electron chi connectivity index (χ2n) is 6.00. The first-order chi connectivity index (χ1) is 10.2. The van der Waals surface area contributed by atoms with E-state index in [4.69, 9.17) is 4.98 Å². The first-order valence-corrected chi connectivity index (χ1v) is 7.59. The fraction of sp³-hybridized carbons (Fsp3) is 0.438. The third-order valence-corrected chi connectivity index (χ3v) is 4.46. The predicted octanol–water partition coefficient (Wildman–Crippen LogP) is 2.82. The molecule has 1 aliphatic rings. The molecule has 108 valence electrons. The van der Waals surface area contributed by atoms with Gasteiger partial charge in [0.25, 0.3) is 0 Å². The Morgan fingerprint density at radius 3 is 2.67 bits per heavy atom. The molecular formula is C16H19N5. The molecule has 5 nitrogen and oxygen atoms in total. The molecule has 0 amide bonds. The highest BCUT2D eigenvalue weighted by atomic mass is 15.3. The lowest BCUT2D eigenvalue weighted by molar-refractivity contribution is 0.437. The number of anilines is 1. The maximum atomic E-state index is 4.87. The topological polar surface area (TPSA) is 46.3 Å². The fourth-order valence-electron chi connectivity index (χ4n) is 3.14. The minimum atomic E-state index is 0.803. The summed E-state index contributed by atoms with van der Waals surface area (Å²) in [7, 11) is 0. The van der Waals surface area contributed by atoms with Gasteiger partial charge in [-0.3, -0.25) is 4.40 Å². The van der Waals surface area contributed by atoms with Crippen molar-refractivity contribution in [2.24, 2.45) is 5.92 Å². The van der Waals surface area contributed by atoms with E-state index in [9.17, 15) is 0 Å². The van der Waals surface area contributed by atoms with Crippen LogP contribution in [0, 0.1) is 12.8 Å². The van der Waals surface area contributed by atoms with Crippen molar-refractivity contribution in [3.05, 3.63) is 30.1 Å². The lowest BCUT2D eigenvalue weighted by Gasteiger charge is -2.31. The Kier molecular flexibility index (Phi) is 2.80. The average molecular weight is 281 g/mol. The van der Waals surface area contributed by atoms with Gasteiger partial charge in [0.05, 0.1) is 11.0 Å². The summed E-state index contributed by atoms with van der Waals surface area (Å²) in [6, 6.07) is 8.20. The van der Waals surface area contributed by atoms with E-state index in [-0.39, 0.29) is 0 Å². The van der Waals surface area contributed by atoms with Crippen molar-refractivity contribution in [3.8, 4) is 0 Å². The molecule has 1 aromatic carbocycles. The van der Waals surface area contributed by atoms with Crippen LogP contribution in [0.2, 0.25) is 0 Å². The van der Waals surface area contributed by atoms with Crippen LogP contribution in [0.25, 0.3) is 16.7 Å². The van der Waals surface area contributed by atoms with Crippen molar-refractivity contribution in [3.63, 3.8) is 0 Å². The predicted molar refractivity (Wildman–Crippen MR) is 83.6 cm³/mol. The largest absolute Gasteiger partial charge is 0.353 e. The van der Waals surface area contributed by atoms with Crippen LogP contribution in [-0.2, 0) is 0 Å². The highest BCUT2D eigenvalue weighted by Crippen LogP contribution is 2.27. The molecule has 21 heavy (non-hydrogen) atoms. The number of fused-ring (bicyclic) bond motifs is 3. The molecular weight excluding hydrogens is 262 g/mol. The SMILES string of the molecule is Cc1nnc2c(N3CCC(C)CC3)nc3ccccc3n12. The molecule has 1 fully saturated rings. The maximum Gasteiger partial charge on any atom is 0.204 e. The summed E-state index contributed by atoms with van der Waals surface area (Å²) >= 11 is 0. The van der Waals surface area contributed by atoms with Gasteiger partial charge in [0.2, 0.25) is 5.65 Å². The Morgan fingerprint density at radius 1 is 1.10 bits per heavy atom. The highest BCUT2D eigenvalue weighted by molar-refractivity contribution is 5.83. The van der Waals surface area contributed by atoms with Crippen molar-refractivity contribution in [1.82, 2.24) is 19.6 Å². The van der Waals surface area contributed by atoms with Gasteiger partial charge in [-0.05, 0) is 37.8 Å². The first-order valence-electron chi connectivity index (χ1n) is 7.59. The molecule has 5 heteroatoms. The van der Waals surface area contributed by atoms with E-state index in [0.29, 0.717) is 0 Å². The molecule has 0 N–H and O–H groups in total. The van der Waals surface area contributed by atoms with E-state index >= 15 is 0 Å². The van der Waals surface area contributed by atoms with Crippen molar-refractivity contribution >= 4 is 22.5 Å². The molecule has 0 saturated carbocycles. The summed E-state index contributed by atoms with van der Waals surface area (Å²) in [4.78, 5) is 7.23. The lowest BCUT2D eigenvalue weighted by Crippen LogP contribution is -2.33. The number of benzene rings is 1. The normalized spacial score (nSPS) is 17.0. The summed E-state index contributed by atoms with van der Waals surface area (Å²) in [6.07, 6.45) is 2.43. The number of nitrogens with zero attached hydrogens (tertiary/aromatic N) is 5. The van der Waals surface area contributed by atoms with Gasteiger partial charge in [0.1, 0.15) is 5.82 Å². The molecule has 0 radical (unpaired) electrons. The number of piperidine rings is 1. The van der Waals surface area contributed by atoms with Gasteiger partial charge in [-0.2, -0.15) is 0 Å². The Balaban J connectivity index is 1.95. The molecule has 3 aromatic rings. The highest BCUT2D eigenvalue weighted by Gasteiger charge is 2.22. The van der Waals surface area contributed by atoms with Crippen LogP contribution in [0.5, 0.6) is 0 Å². The van der Waals surface area contributed by atoms with Gasteiger partial charge in [-0.25, -0.2) is 4.98 Å². The average Bonchev–Trinajstić information content (AvgIpc) is 2.90. The van der Waals surface area contributed by atoms with Crippen LogP contribution >= 0.6 is 0 Å². The van der Waals surface area contributed by atoms with E-state index in [0.717, 1.165) is 47.3 Å². The zero-order valence-corrected chi connectivity index (χ0v) is 12.5. The van der Waals surface area contributed by atoms with Crippen molar-refractivity contribution < 1.29 is 0 Å². The standard InChI is InChI=1S/C16H19N5/c1-11-7-9-20(10-8-11)15-16-19-18-12(2)21(16)14-6-4-3-5-13(14)17-15/h3-6,11H,7-10H2,1-2H3. The summed E-state index contributed by atoms with van der Waals surface area (Å²) in [5.74, 6) is 2.69. The lowest BCUT2D eigenvalue weighted by atomic mass is 9.99. The van der Waals surface area contributed by atoms with Gasteiger partial charge < -0.3 is 4.90 Å². The van der Waals surface area contributed by atoms with Gasteiger partial charge in [-0.1, -0.05) is 19.1 Å². The van der Waals surface area contributed by atoms with Crippen molar-refractivity contribution in [1.29, 1.82) is 0 Å². The van der Waals surface area contributed by atoms with E-state index in [1.165, 1.54) is 12.8 Å². The van der Waals surface area contributed by atoms with E-state index in [2.05, 4.69) is 38.6 Å². The molecule has 3 heterocycles. The Labute approximate surface area is 123 Å². The first kappa shape index (κ1) is 12.6. The summed E-state index contributed by atoms with van der Waals surface area (Å²) < 4.78 is 2.12. The van der Waals surface area contributed by atoms with Crippen LogP contribution in [-0.4, -0.2) is 32.7 Å². The molecule has 0 bridgehead atoms. The van der Waals surface area contributed by atoms with E-state index in [1.807, 2.05) is 19.1 Å². The van der Waals surface area contributed by atoms with E-state index < -0.39 is 0 Å². The van der Waals surface area contributed by atoms with Gasteiger partial charge >= 0.3 is 0 Å². The molecule has 1 saturated heterocycles. The number of hydrogen-bond donors (Lipinski definition) is 0. The van der Waals surface area contributed by atoms with E-state index in [1.54, 1.807) is 0 Å². The van der Waals surface area contributed by atoms with Crippen LogP contribution in [0.15, 0.2) is 24.3 Å². The molecule has 0 atom stereocenters. The molecule has 1 aliphatic heterocycles. The number of rotatable bonds is 1. The third-order valence-electron chi connectivity index (χ3n) is 4.46. The van der Waals surface area contributed by atoms with Gasteiger partial charge in [-0.15, -0.1) is 10.2 Å². The maximum absolute atomic E-state index is 4.87. The van der Waals surface area contributed by atoms with Crippen molar-refractivity contribution in [2.75, 3.05) is 18.0 Å². The zero-order chi connectivity index (χ0) is 14.4. The molecule has 2 aromatic heterocycles. The van der Waals surface area contributed by atoms with Gasteiger partial charge in [0, 0.05) is 13.1 Å². The quantitative estimate of drug-likeness (QED) is 0.688. The Bertz CT molecular complexity index is 799. The molecule has 0 spiro atoms. The number of aromatic nitrogens is 4. The monoisotopic (exact) mass is 281 g/mol. The smallest absolute Gasteiger partial charge is 0.204 e. The number of para-hydroxylation sites is 2. The summed E-state index contributed by atoms with van der Waals surface area (Å²) in [5, 5.41) is 8.63. The molecule has 4 rings (SSSR count).